The molecule has 196 valence electrons. The number of anilines is 1. The topological polar surface area (TPSA) is 111 Å². The van der Waals surface area contributed by atoms with Gasteiger partial charge in [-0.15, -0.1) is 0 Å². The largest absolute Gasteiger partial charge is 0.495 e. The molecule has 0 radical (unpaired) electrons. The van der Waals surface area contributed by atoms with Crippen LogP contribution in [0.15, 0.2) is 82.4 Å². The first kappa shape index (κ1) is 26.4. The molecular formula is C29H30N4O5. The van der Waals surface area contributed by atoms with Crippen molar-refractivity contribution in [2.45, 2.75) is 32.7 Å². The molecule has 4 rings (SSSR count). The lowest BCUT2D eigenvalue weighted by Crippen LogP contribution is -2.40. The van der Waals surface area contributed by atoms with Gasteiger partial charge in [0, 0.05) is 6.54 Å². The van der Waals surface area contributed by atoms with E-state index in [0.717, 1.165) is 23.0 Å². The Balaban J connectivity index is 1.66. The molecule has 1 aromatic heterocycles. The number of aromatic nitrogens is 2. The summed E-state index contributed by atoms with van der Waals surface area (Å²) in [4.78, 5) is 52.0. The van der Waals surface area contributed by atoms with E-state index in [1.54, 1.807) is 72.8 Å². The van der Waals surface area contributed by atoms with Crippen molar-refractivity contribution in [1.29, 1.82) is 0 Å². The van der Waals surface area contributed by atoms with Gasteiger partial charge in [-0.25, -0.2) is 9.36 Å². The van der Waals surface area contributed by atoms with Gasteiger partial charge in [-0.3, -0.25) is 19.0 Å². The Kier molecular flexibility index (Phi) is 8.37. The van der Waals surface area contributed by atoms with E-state index in [1.807, 2.05) is 0 Å². The summed E-state index contributed by atoms with van der Waals surface area (Å²) in [5.41, 5.74) is 0.799. The second-order valence-corrected chi connectivity index (χ2v) is 8.82. The van der Waals surface area contributed by atoms with E-state index in [9.17, 15) is 19.2 Å². The third kappa shape index (κ3) is 5.83. The fourth-order valence-electron chi connectivity index (χ4n) is 4.20. The van der Waals surface area contributed by atoms with E-state index in [0.29, 0.717) is 34.6 Å². The molecule has 9 nitrogen and oxygen atoms in total. The molecule has 0 bridgehead atoms. The van der Waals surface area contributed by atoms with E-state index in [4.69, 9.17) is 4.74 Å². The molecule has 3 aromatic carbocycles. The number of carbonyl (C=O) groups is 2. The highest BCUT2D eigenvalue weighted by Gasteiger charge is 2.17. The molecule has 2 amide bonds. The van der Waals surface area contributed by atoms with E-state index in [2.05, 4.69) is 17.6 Å². The maximum Gasteiger partial charge on any atom is 0.336 e. The van der Waals surface area contributed by atoms with Crippen molar-refractivity contribution in [3.8, 4) is 11.4 Å². The van der Waals surface area contributed by atoms with Crippen LogP contribution in [0, 0.1) is 0 Å². The molecule has 9 heteroatoms. The second-order valence-electron chi connectivity index (χ2n) is 8.82. The molecule has 2 N–H and O–H groups in total. The van der Waals surface area contributed by atoms with E-state index >= 15 is 0 Å². The van der Waals surface area contributed by atoms with Gasteiger partial charge in [0.05, 0.1) is 35.8 Å². The van der Waals surface area contributed by atoms with Gasteiger partial charge < -0.3 is 15.4 Å². The van der Waals surface area contributed by atoms with Crippen molar-refractivity contribution in [2.24, 2.45) is 0 Å². The number of ether oxygens (including phenoxy) is 1. The number of nitrogens with zero attached hydrogens (tertiary/aromatic N) is 2. The van der Waals surface area contributed by atoms with Crippen LogP contribution in [0.4, 0.5) is 5.69 Å². The van der Waals surface area contributed by atoms with Crippen molar-refractivity contribution in [3.05, 3.63) is 99.2 Å². The molecule has 0 unspecified atom stereocenters. The summed E-state index contributed by atoms with van der Waals surface area (Å²) in [6.07, 6.45) is 2.11. The summed E-state index contributed by atoms with van der Waals surface area (Å²) < 4.78 is 7.61. The van der Waals surface area contributed by atoms with E-state index in [-0.39, 0.29) is 18.9 Å². The lowest BCUT2D eigenvalue weighted by atomic mass is 10.1. The number of hydrogen-bond acceptors (Lipinski definition) is 5. The average Bonchev–Trinajstić information content (AvgIpc) is 2.92. The molecule has 0 atom stereocenters. The number of carbonyl (C=O) groups excluding carboxylic acids is 2. The second kappa shape index (κ2) is 12.1. The normalized spacial score (nSPS) is 10.8. The minimum atomic E-state index is -0.645. The van der Waals surface area contributed by atoms with Crippen LogP contribution in [0.3, 0.4) is 0 Å². The first-order valence-electron chi connectivity index (χ1n) is 12.5. The van der Waals surface area contributed by atoms with Crippen molar-refractivity contribution in [2.75, 3.05) is 19.0 Å². The summed E-state index contributed by atoms with van der Waals surface area (Å²) >= 11 is 0. The van der Waals surface area contributed by atoms with Gasteiger partial charge in [-0.2, -0.15) is 0 Å². The zero-order chi connectivity index (χ0) is 27.1. The minimum absolute atomic E-state index is 0.0857. The molecule has 0 saturated carbocycles. The fourth-order valence-corrected chi connectivity index (χ4v) is 4.20. The van der Waals surface area contributed by atoms with Crippen LogP contribution in [0.25, 0.3) is 16.6 Å². The summed E-state index contributed by atoms with van der Waals surface area (Å²) in [5.74, 6) is -0.0453. The maximum atomic E-state index is 13.6. The highest BCUT2D eigenvalue weighted by molar-refractivity contribution is 5.93. The van der Waals surface area contributed by atoms with Gasteiger partial charge in [0.15, 0.2) is 0 Å². The molecule has 0 aliphatic heterocycles. The lowest BCUT2D eigenvalue weighted by Gasteiger charge is -2.15. The predicted octanol–water partition coefficient (Wildman–Crippen LogP) is 3.26. The van der Waals surface area contributed by atoms with Crippen LogP contribution in [0.1, 0.15) is 25.3 Å². The quantitative estimate of drug-likeness (QED) is 0.316. The van der Waals surface area contributed by atoms with Gasteiger partial charge in [0.2, 0.25) is 11.8 Å². The van der Waals surface area contributed by atoms with Gasteiger partial charge in [-0.1, -0.05) is 49.7 Å². The molecule has 0 aliphatic rings. The Morgan fingerprint density at radius 1 is 0.895 bits per heavy atom. The number of amides is 2. The molecule has 0 fully saturated rings. The van der Waals surface area contributed by atoms with Crippen LogP contribution in [0.5, 0.6) is 5.75 Å². The summed E-state index contributed by atoms with van der Waals surface area (Å²) in [7, 11) is 1.50. The number of fused-ring (bicyclic) bond motifs is 1. The SMILES string of the molecule is CCCCNC(=O)Cc1ccc(-n2c(=O)c3ccccc3n(CC(=O)Nc3ccccc3OC)c2=O)cc1. The first-order chi connectivity index (χ1) is 18.4. The molecule has 0 spiro atoms. The zero-order valence-corrected chi connectivity index (χ0v) is 21.4. The van der Waals surface area contributed by atoms with Gasteiger partial charge in [0.25, 0.3) is 5.56 Å². The third-order valence-corrected chi connectivity index (χ3v) is 6.15. The Morgan fingerprint density at radius 2 is 1.61 bits per heavy atom. The molecule has 38 heavy (non-hydrogen) atoms. The standard InChI is InChI=1S/C29H30N4O5/c1-3-4-17-30-26(34)18-20-13-15-21(16-14-20)33-28(36)22-9-5-7-11-24(22)32(29(33)37)19-27(35)31-23-10-6-8-12-25(23)38-2/h5-16H,3-4,17-19H2,1-2H3,(H,30,34)(H,31,35). The summed E-state index contributed by atoms with van der Waals surface area (Å²) in [6, 6.07) is 20.3. The van der Waals surface area contributed by atoms with Gasteiger partial charge in [-0.05, 0) is 48.4 Å². The number of rotatable bonds is 10. The fraction of sp³-hybridized carbons (Fsp3) is 0.241. The van der Waals surface area contributed by atoms with Crippen LogP contribution < -0.4 is 26.6 Å². The van der Waals surface area contributed by atoms with Crippen molar-refractivity contribution >= 4 is 28.4 Å². The number of para-hydroxylation sites is 3. The lowest BCUT2D eigenvalue weighted by molar-refractivity contribution is -0.120. The number of nitrogens with one attached hydrogen (secondary N) is 2. The predicted molar refractivity (Wildman–Crippen MR) is 147 cm³/mol. The highest BCUT2D eigenvalue weighted by atomic mass is 16.5. The van der Waals surface area contributed by atoms with Crippen LogP contribution >= 0.6 is 0 Å². The molecule has 1 heterocycles. The Hall–Kier alpha value is -4.66. The smallest absolute Gasteiger partial charge is 0.336 e. The number of hydrogen-bond donors (Lipinski definition) is 2. The monoisotopic (exact) mass is 514 g/mol. The van der Waals surface area contributed by atoms with Crippen molar-refractivity contribution in [3.63, 3.8) is 0 Å². The molecule has 0 saturated heterocycles. The Morgan fingerprint density at radius 3 is 2.34 bits per heavy atom. The molecule has 4 aromatic rings. The minimum Gasteiger partial charge on any atom is -0.495 e. The van der Waals surface area contributed by atoms with E-state index < -0.39 is 17.2 Å². The first-order valence-corrected chi connectivity index (χ1v) is 12.5. The number of methoxy groups -OCH3 is 1. The van der Waals surface area contributed by atoms with Crippen molar-refractivity contribution in [1.82, 2.24) is 14.5 Å². The number of unbranched alkanes of at least 4 members (excludes halogenated alkanes) is 1. The highest BCUT2D eigenvalue weighted by Crippen LogP contribution is 2.23. The number of benzene rings is 3. The van der Waals surface area contributed by atoms with Crippen LogP contribution in [-0.2, 0) is 22.6 Å². The maximum absolute atomic E-state index is 13.6. The zero-order valence-electron chi connectivity index (χ0n) is 21.4. The average molecular weight is 515 g/mol. The van der Waals surface area contributed by atoms with Crippen LogP contribution in [0.2, 0.25) is 0 Å². The van der Waals surface area contributed by atoms with Gasteiger partial charge in [0.1, 0.15) is 12.3 Å². The van der Waals surface area contributed by atoms with Crippen LogP contribution in [-0.4, -0.2) is 34.6 Å². The summed E-state index contributed by atoms with van der Waals surface area (Å²) in [5, 5.41) is 5.95. The van der Waals surface area contributed by atoms with Gasteiger partial charge >= 0.3 is 5.69 Å². The summed E-state index contributed by atoms with van der Waals surface area (Å²) in [6.45, 7) is 2.37. The Labute approximate surface area is 219 Å². The Bertz CT molecular complexity index is 1570. The van der Waals surface area contributed by atoms with E-state index in [1.165, 1.54) is 11.7 Å². The van der Waals surface area contributed by atoms with Crippen molar-refractivity contribution < 1.29 is 14.3 Å². The molecular weight excluding hydrogens is 484 g/mol. The molecule has 0 aliphatic carbocycles. The third-order valence-electron chi connectivity index (χ3n) is 6.15.